The third-order valence-electron chi connectivity index (χ3n) is 3.39. The Balaban J connectivity index is 2.13. The number of aliphatic carboxylic acids is 1. The van der Waals surface area contributed by atoms with Gasteiger partial charge in [-0.15, -0.1) is 0 Å². The van der Waals surface area contributed by atoms with Crippen molar-refractivity contribution in [1.29, 1.82) is 0 Å². The largest absolute Gasteiger partial charge is 0.496 e. The van der Waals surface area contributed by atoms with Gasteiger partial charge < -0.3 is 19.8 Å². The molecule has 0 aromatic heterocycles. The molecule has 0 aliphatic carbocycles. The molecule has 1 aromatic rings. The van der Waals surface area contributed by atoms with E-state index >= 15 is 0 Å². The van der Waals surface area contributed by atoms with Crippen LogP contribution in [0, 0.1) is 0 Å². The predicted molar refractivity (Wildman–Crippen MR) is 75.8 cm³/mol. The minimum absolute atomic E-state index is 0.0338. The summed E-state index contributed by atoms with van der Waals surface area (Å²) in [6.45, 7) is 0.0338. The van der Waals surface area contributed by atoms with Gasteiger partial charge in [0.15, 0.2) is 0 Å². The molecular weight excluding hydrogens is 274 g/mol. The summed E-state index contributed by atoms with van der Waals surface area (Å²) in [7, 11) is 1.53. The monoisotopic (exact) mass is 291 g/mol. The lowest BCUT2D eigenvalue weighted by atomic mass is 10.2. The number of hydrogen-bond acceptors (Lipinski definition) is 4. The average molecular weight is 291 g/mol. The van der Waals surface area contributed by atoms with Crippen molar-refractivity contribution >= 4 is 18.0 Å². The number of hydrogen-bond donors (Lipinski definition) is 2. The van der Waals surface area contributed by atoms with Crippen LogP contribution in [0.5, 0.6) is 5.75 Å². The molecular formula is C15H17NO5. The number of methoxy groups -OCH3 is 1. The maximum atomic E-state index is 12.1. The maximum absolute atomic E-state index is 12.1. The topological polar surface area (TPSA) is 87.1 Å². The average Bonchev–Trinajstić information content (AvgIpc) is 2.87. The lowest BCUT2D eigenvalue weighted by Gasteiger charge is -2.19. The molecule has 2 N–H and O–H groups in total. The van der Waals surface area contributed by atoms with Crippen LogP contribution in [0.4, 0.5) is 0 Å². The Kier molecular flexibility index (Phi) is 4.59. The summed E-state index contributed by atoms with van der Waals surface area (Å²) < 4.78 is 5.17. The van der Waals surface area contributed by atoms with E-state index < -0.39 is 24.0 Å². The van der Waals surface area contributed by atoms with Gasteiger partial charge in [-0.25, -0.2) is 4.79 Å². The number of aliphatic hydroxyl groups is 1. The van der Waals surface area contributed by atoms with E-state index in [-0.39, 0.29) is 13.0 Å². The lowest BCUT2D eigenvalue weighted by Crippen LogP contribution is -2.39. The fraction of sp³-hybridized carbons (Fsp3) is 0.333. The fourth-order valence-electron chi connectivity index (χ4n) is 2.35. The number of amides is 1. The summed E-state index contributed by atoms with van der Waals surface area (Å²) in [5, 5.41) is 18.6. The molecule has 1 heterocycles. The van der Waals surface area contributed by atoms with Crippen molar-refractivity contribution in [2.45, 2.75) is 18.6 Å². The highest BCUT2D eigenvalue weighted by Crippen LogP contribution is 2.21. The van der Waals surface area contributed by atoms with Crippen molar-refractivity contribution in [3.8, 4) is 5.75 Å². The highest BCUT2D eigenvalue weighted by molar-refractivity contribution is 5.95. The smallest absolute Gasteiger partial charge is 0.326 e. The Hall–Kier alpha value is -2.34. The standard InChI is InChI=1S/C15H17NO5/c1-21-13-5-3-2-4-10(13)6-7-14(18)16-9-11(17)8-12(16)15(19)20/h2-7,11-12,17H,8-9H2,1H3,(H,19,20)/t11-,12-/m0/s1. The number of rotatable bonds is 4. The van der Waals surface area contributed by atoms with Gasteiger partial charge in [0.25, 0.3) is 0 Å². The van der Waals surface area contributed by atoms with Crippen molar-refractivity contribution in [2.75, 3.05) is 13.7 Å². The minimum atomic E-state index is -1.11. The molecule has 21 heavy (non-hydrogen) atoms. The summed E-state index contributed by atoms with van der Waals surface area (Å²) in [5.41, 5.74) is 0.722. The molecule has 1 aliphatic rings. The van der Waals surface area contributed by atoms with Crippen LogP contribution in [0.25, 0.3) is 6.08 Å². The van der Waals surface area contributed by atoms with Gasteiger partial charge in [-0.3, -0.25) is 4.79 Å². The van der Waals surface area contributed by atoms with Gasteiger partial charge in [-0.2, -0.15) is 0 Å². The van der Waals surface area contributed by atoms with Gasteiger partial charge in [-0.1, -0.05) is 18.2 Å². The Morgan fingerprint density at radius 2 is 2.10 bits per heavy atom. The summed E-state index contributed by atoms with van der Waals surface area (Å²) >= 11 is 0. The summed E-state index contributed by atoms with van der Waals surface area (Å²) in [5.74, 6) is -0.923. The number of likely N-dealkylation sites (tertiary alicyclic amines) is 1. The van der Waals surface area contributed by atoms with Crippen LogP contribution in [0.1, 0.15) is 12.0 Å². The number of nitrogens with zero attached hydrogens (tertiary/aromatic N) is 1. The van der Waals surface area contributed by atoms with E-state index in [1.54, 1.807) is 18.2 Å². The van der Waals surface area contributed by atoms with Gasteiger partial charge in [0, 0.05) is 24.6 Å². The molecule has 1 fully saturated rings. The van der Waals surface area contributed by atoms with Gasteiger partial charge in [0.2, 0.25) is 5.91 Å². The highest BCUT2D eigenvalue weighted by Gasteiger charge is 2.37. The predicted octanol–water partition coefficient (Wildman–Crippen LogP) is 0.755. The summed E-state index contributed by atoms with van der Waals surface area (Å²) in [4.78, 5) is 24.4. The van der Waals surface area contributed by atoms with Gasteiger partial charge >= 0.3 is 5.97 Å². The number of carboxylic acid groups (broad SMARTS) is 1. The zero-order chi connectivity index (χ0) is 15.4. The maximum Gasteiger partial charge on any atom is 0.326 e. The molecule has 1 saturated heterocycles. The number of ether oxygens (including phenoxy) is 1. The zero-order valence-corrected chi connectivity index (χ0v) is 11.6. The van der Waals surface area contributed by atoms with E-state index in [4.69, 9.17) is 9.84 Å². The van der Waals surface area contributed by atoms with Crippen LogP contribution < -0.4 is 4.74 Å². The van der Waals surface area contributed by atoms with Crippen LogP contribution in [0.3, 0.4) is 0 Å². The first-order valence-corrected chi connectivity index (χ1v) is 6.55. The van der Waals surface area contributed by atoms with Crippen molar-refractivity contribution in [3.05, 3.63) is 35.9 Å². The third-order valence-corrected chi connectivity index (χ3v) is 3.39. The number of aliphatic hydroxyl groups excluding tert-OH is 1. The molecule has 6 heteroatoms. The van der Waals surface area contributed by atoms with E-state index in [0.717, 1.165) is 5.56 Å². The molecule has 0 radical (unpaired) electrons. The van der Waals surface area contributed by atoms with E-state index in [1.165, 1.54) is 18.1 Å². The zero-order valence-electron chi connectivity index (χ0n) is 11.6. The number of carboxylic acids is 1. The van der Waals surface area contributed by atoms with Crippen LogP contribution in [0.2, 0.25) is 0 Å². The van der Waals surface area contributed by atoms with Gasteiger partial charge in [0.05, 0.1) is 13.2 Å². The third kappa shape index (κ3) is 3.41. The normalized spacial score (nSPS) is 21.7. The van der Waals surface area contributed by atoms with Crippen molar-refractivity contribution in [2.24, 2.45) is 0 Å². The molecule has 1 amide bonds. The van der Waals surface area contributed by atoms with E-state index in [1.807, 2.05) is 12.1 Å². The van der Waals surface area contributed by atoms with E-state index in [0.29, 0.717) is 5.75 Å². The number of carbonyl (C=O) groups is 2. The Bertz CT molecular complexity index is 569. The molecule has 0 saturated carbocycles. The first-order valence-electron chi connectivity index (χ1n) is 6.55. The molecule has 112 valence electrons. The van der Waals surface area contributed by atoms with Crippen LogP contribution in [-0.4, -0.2) is 52.8 Å². The number of benzene rings is 1. The minimum Gasteiger partial charge on any atom is -0.496 e. The van der Waals surface area contributed by atoms with Crippen molar-refractivity contribution in [3.63, 3.8) is 0 Å². The summed E-state index contributed by atoms with van der Waals surface area (Å²) in [6, 6.07) is 6.21. The molecule has 0 spiro atoms. The Morgan fingerprint density at radius 1 is 1.38 bits per heavy atom. The second-order valence-corrected chi connectivity index (χ2v) is 4.81. The molecule has 0 unspecified atom stereocenters. The highest BCUT2D eigenvalue weighted by atomic mass is 16.5. The number of para-hydroxylation sites is 1. The summed E-state index contributed by atoms with van der Waals surface area (Å²) in [6.07, 6.45) is 2.13. The first kappa shape index (κ1) is 15.1. The molecule has 1 aromatic carbocycles. The first-order chi connectivity index (χ1) is 10.0. The second-order valence-electron chi connectivity index (χ2n) is 4.81. The van der Waals surface area contributed by atoms with E-state index in [2.05, 4.69) is 0 Å². The Labute approximate surface area is 122 Å². The lowest BCUT2D eigenvalue weighted by molar-refractivity contribution is -0.146. The van der Waals surface area contributed by atoms with Crippen LogP contribution in [-0.2, 0) is 9.59 Å². The fourth-order valence-corrected chi connectivity index (χ4v) is 2.35. The van der Waals surface area contributed by atoms with Crippen LogP contribution >= 0.6 is 0 Å². The number of β-amino-alcohol motifs (C(OH)–C–C–N with tert-alkyl or cyclic N) is 1. The van der Waals surface area contributed by atoms with Crippen molar-refractivity contribution in [1.82, 2.24) is 4.90 Å². The van der Waals surface area contributed by atoms with E-state index in [9.17, 15) is 14.7 Å². The molecule has 0 bridgehead atoms. The van der Waals surface area contributed by atoms with Crippen molar-refractivity contribution < 1.29 is 24.5 Å². The molecule has 2 atom stereocenters. The number of carbonyl (C=O) groups excluding carboxylic acids is 1. The van der Waals surface area contributed by atoms with Gasteiger partial charge in [0.1, 0.15) is 11.8 Å². The molecule has 1 aliphatic heterocycles. The van der Waals surface area contributed by atoms with Gasteiger partial charge in [-0.05, 0) is 12.1 Å². The van der Waals surface area contributed by atoms with Crippen LogP contribution in [0.15, 0.2) is 30.3 Å². The SMILES string of the molecule is COc1ccccc1C=CC(=O)N1C[C@@H](O)C[C@H]1C(=O)O. The quantitative estimate of drug-likeness (QED) is 0.800. The Morgan fingerprint density at radius 3 is 2.76 bits per heavy atom. The molecule has 2 rings (SSSR count). The molecule has 6 nitrogen and oxygen atoms in total. The second kappa shape index (κ2) is 6.41.